The number of nitrogens with one attached hydrogen (secondary N) is 1. The summed E-state index contributed by atoms with van der Waals surface area (Å²) in [7, 11) is 0. The van der Waals surface area contributed by atoms with Crippen LogP contribution in [0.4, 0.5) is 11.8 Å². The van der Waals surface area contributed by atoms with Gasteiger partial charge in [-0.1, -0.05) is 5.17 Å². The van der Waals surface area contributed by atoms with E-state index < -0.39 is 11.1 Å². The number of imidazole rings is 1. The number of anilines is 2. The lowest BCUT2D eigenvalue weighted by Crippen LogP contribution is -2.58. The van der Waals surface area contributed by atoms with Gasteiger partial charge in [-0.2, -0.15) is 15.2 Å². The largest absolute Gasteiger partial charge is 0.429 e. The molecule has 2 unspecified atom stereocenters. The van der Waals surface area contributed by atoms with Crippen molar-refractivity contribution in [1.82, 2.24) is 65.5 Å². The average Bonchev–Trinajstić information content (AvgIpc) is 3.93. The third-order valence-corrected chi connectivity index (χ3v) is 7.72. The Morgan fingerprint density at radius 3 is 2.45 bits per heavy atom. The van der Waals surface area contributed by atoms with E-state index >= 15 is 0 Å². The number of nitrogens with zero attached hydrogens (tertiary/aromatic N) is 14. The van der Waals surface area contributed by atoms with Gasteiger partial charge in [-0.25, -0.2) is 29.8 Å². The highest BCUT2D eigenvalue weighted by molar-refractivity contribution is 7.09. The van der Waals surface area contributed by atoms with Crippen LogP contribution in [0, 0.1) is 0 Å². The first kappa shape index (κ1) is 25.6. The molecule has 8 heterocycles. The lowest BCUT2D eigenvalue weighted by atomic mass is 9.73. The molecule has 8 rings (SSSR count). The van der Waals surface area contributed by atoms with Gasteiger partial charge in [-0.05, 0) is 23.4 Å². The highest BCUT2D eigenvalue weighted by atomic mass is 32.1. The molecule has 17 nitrogen and oxygen atoms in total. The molecule has 1 saturated heterocycles. The van der Waals surface area contributed by atoms with Crippen LogP contribution in [0.3, 0.4) is 0 Å². The van der Waals surface area contributed by atoms with Gasteiger partial charge in [0, 0.05) is 48.6 Å². The standard InChI is InChI=1S/C26H17N15O2S/c1-3-18(37-34-7-1)26(23-31-12-14-44-23)25(19-16-27-9-10-28-19,22-33-15-17(36-22)21-29-5-2-6-30-21)40(20-4-8-35-39-38-20)41(43-26)24-32-11-13-42-24/h1-16H,(H,33,36). The highest BCUT2D eigenvalue weighted by Crippen LogP contribution is 2.60. The second kappa shape index (κ2) is 10.3. The average molecular weight is 604 g/mol. The molecule has 44 heavy (non-hydrogen) atoms. The fraction of sp³-hybridized carbons (Fsp3) is 0.0769. The van der Waals surface area contributed by atoms with Gasteiger partial charge in [-0.3, -0.25) is 9.97 Å². The van der Waals surface area contributed by atoms with Gasteiger partial charge in [0.15, 0.2) is 11.6 Å². The third-order valence-electron chi connectivity index (χ3n) is 6.85. The summed E-state index contributed by atoms with van der Waals surface area (Å²) in [5.41, 5.74) is -2.10. The van der Waals surface area contributed by atoms with Crippen LogP contribution in [0.1, 0.15) is 22.2 Å². The Morgan fingerprint density at radius 1 is 0.773 bits per heavy atom. The SMILES string of the molecule is c1cnc(-c2cnc(C3(c4cnccn4)N(c4ccnnn4)N(c4ncco4)OC3(c3cccnn3)c3nccs3)[nH]2)nc1. The molecule has 214 valence electrons. The van der Waals surface area contributed by atoms with E-state index in [2.05, 4.69) is 50.5 Å². The predicted octanol–water partition coefficient (Wildman–Crippen LogP) is 2.14. The summed E-state index contributed by atoms with van der Waals surface area (Å²) in [6.07, 6.45) is 17.3. The zero-order valence-corrected chi connectivity index (χ0v) is 23.0. The Bertz CT molecular complexity index is 1970. The van der Waals surface area contributed by atoms with Gasteiger partial charge >= 0.3 is 6.01 Å². The molecule has 1 fully saturated rings. The molecule has 1 aliphatic heterocycles. The van der Waals surface area contributed by atoms with Crippen molar-refractivity contribution in [2.75, 3.05) is 10.2 Å². The molecule has 0 radical (unpaired) electrons. The van der Waals surface area contributed by atoms with Crippen LogP contribution in [0.25, 0.3) is 11.5 Å². The summed E-state index contributed by atoms with van der Waals surface area (Å²) >= 11 is 1.33. The quantitative estimate of drug-likeness (QED) is 0.277. The van der Waals surface area contributed by atoms with Crippen molar-refractivity contribution in [2.24, 2.45) is 0 Å². The fourth-order valence-corrected chi connectivity index (χ4v) is 6.04. The minimum Gasteiger partial charge on any atom is -0.429 e. The number of aromatic nitrogens is 13. The molecule has 1 N–H and O–H groups in total. The van der Waals surface area contributed by atoms with Gasteiger partial charge in [0.25, 0.3) is 0 Å². The van der Waals surface area contributed by atoms with E-state index in [1.807, 2.05) is 5.38 Å². The number of H-pyrrole nitrogens is 1. The number of rotatable bonds is 7. The molecule has 0 amide bonds. The first-order valence-electron chi connectivity index (χ1n) is 12.9. The third kappa shape index (κ3) is 3.68. The number of hydrazine groups is 1. The normalized spacial score (nSPS) is 19.8. The van der Waals surface area contributed by atoms with Crippen molar-refractivity contribution in [1.29, 1.82) is 0 Å². The molecule has 0 aromatic carbocycles. The van der Waals surface area contributed by atoms with Crippen molar-refractivity contribution >= 4 is 23.2 Å². The van der Waals surface area contributed by atoms with Crippen LogP contribution in [0.5, 0.6) is 0 Å². The Labute approximate surface area is 250 Å². The zero-order valence-electron chi connectivity index (χ0n) is 22.2. The Kier molecular flexibility index (Phi) is 5.98. The number of hydrogen-bond donors (Lipinski definition) is 1. The van der Waals surface area contributed by atoms with Gasteiger partial charge in [-0.15, -0.1) is 21.5 Å². The second-order valence-electron chi connectivity index (χ2n) is 9.12. The van der Waals surface area contributed by atoms with Crippen molar-refractivity contribution < 1.29 is 9.25 Å². The van der Waals surface area contributed by atoms with Crippen LogP contribution in [0.15, 0.2) is 102 Å². The van der Waals surface area contributed by atoms with E-state index in [4.69, 9.17) is 24.2 Å². The lowest BCUT2D eigenvalue weighted by molar-refractivity contribution is -0.0198. The summed E-state index contributed by atoms with van der Waals surface area (Å²) in [6, 6.07) is 6.96. The van der Waals surface area contributed by atoms with E-state index in [9.17, 15) is 0 Å². The summed E-state index contributed by atoms with van der Waals surface area (Å²) in [5, 5.41) is 26.3. The minimum atomic E-state index is -1.68. The molecule has 1 aliphatic rings. The summed E-state index contributed by atoms with van der Waals surface area (Å²) in [5.74, 6) is 0.993. The fourth-order valence-electron chi connectivity index (χ4n) is 5.21. The highest BCUT2D eigenvalue weighted by Gasteiger charge is 2.75. The monoisotopic (exact) mass is 603 g/mol. The zero-order chi connectivity index (χ0) is 29.4. The van der Waals surface area contributed by atoms with Crippen molar-refractivity contribution in [2.45, 2.75) is 11.1 Å². The molecule has 0 aliphatic carbocycles. The maximum absolute atomic E-state index is 7.03. The van der Waals surface area contributed by atoms with Crippen molar-refractivity contribution in [3.63, 3.8) is 0 Å². The van der Waals surface area contributed by atoms with E-state index in [-0.39, 0.29) is 11.8 Å². The van der Waals surface area contributed by atoms with Crippen LogP contribution in [-0.2, 0) is 16.0 Å². The first-order valence-corrected chi connectivity index (χ1v) is 13.8. The number of oxazole rings is 1. The van der Waals surface area contributed by atoms with E-state index in [0.717, 1.165) is 0 Å². The minimum absolute atomic E-state index is 0.0531. The Morgan fingerprint density at radius 2 is 1.73 bits per heavy atom. The number of hydrogen-bond acceptors (Lipinski definition) is 17. The van der Waals surface area contributed by atoms with Gasteiger partial charge < -0.3 is 9.40 Å². The van der Waals surface area contributed by atoms with Crippen LogP contribution < -0.4 is 10.2 Å². The van der Waals surface area contributed by atoms with Crippen molar-refractivity contribution in [3.05, 3.63) is 120 Å². The van der Waals surface area contributed by atoms with E-state index in [0.29, 0.717) is 33.7 Å². The molecular weight excluding hydrogens is 586 g/mol. The molecule has 0 saturated carbocycles. The van der Waals surface area contributed by atoms with Gasteiger partial charge in [0.05, 0.1) is 30.5 Å². The second-order valence-corrected chi connectivity index (χ2v) is 10.0. The van der Waals surface area contributed by atoms with Crippen LogP contribution >= 0.6 is 11.3 Å². The Balaban J connectivity index is 1.55. The van der Waals surface area contributed by atoms with E-state index in [1.165, 1.54) is 35.2 Å². The maximum atomic E-state index is 7.03. The van der Waals surface area contributed by atoms with Crippen LogP contribution in [-0.4, -0.2) is 65.5 Å². The maximum Gasteiger partial charge on any atom is 0.342 e. The number of thiazole rings is 1. The van der Waals surface area contributed by atoms with Crippen molar-refractivity contribution in [3.8, 4) is 11.5 Å². The summed E-state index contributed by atoms with van der Waals surface area (Å²) in [6.45, 7) is 0. The topological polar surface area (TPSA) is 199 Å². The molecule has 18 heteroatoms. The number of aromatic amines is 1. The Hall–Kier alpha value is -6.14. The molecule has 0 bridgehead atoms. The molecular formula is C26H17N15O2S. The van der Waals surface area contributed by atoms with Crippen LogP contribution in [0.2, 0.25) is 0 Å². The summed E-state index contributed by atoms with van der Waals surface area (Å²) in [4.78, 5) is 42.6. The molecule has 0 spiro atoms. The molecule has 7 aromatic rings. The molecule has 2 atom stereocenters. The smallest absolute Gasteiger partial charge is 0.342 e. The van der Waals surface area contributed by atoms with E-state index in [1.54, 1.807) is 78.8 Å². The predicted molar refractivity (Wildman–Crippen MR) is 150 cm³/mol. The summed E-state index contributed by atoms with van der Waals surface area (Å²) < 4.78 is 5.80. The lowest BCUT2D eigenvalue weighted by Gasteiger charge is -2.42. The van der Waals surface area contributed by atoms with Gasteiger partial charge in [0.1, 0.15) is 28.5 Å². The molecule has 7 aromatic heterocycles. The first-order chi connectivity index (χ1) is 21.8. The van der Waals surface area contributed by atoms with Gasteiger partial charge in [0.2, 0.25) is 11.1 Å².